The predicted molar refractivity (Wildman–Crippen MR) is 120 cm³/mol. The Morgan fingerprint density at radius 3 is 2.24 bits per heavy atom. The molecule has 2 aromatic carbocycles. The maximum atomic E-state index is 13.4. The average Bonchev–Trinajstić information content (AvgIpc) is 3.41. The molecular formula is C21H11ClN4O7S. The normalized spacial score (nSPS) is 19.3. The number of hydrogen-bond acceptors (Lipinski definition) is 8. The van der Waals surface area contributed by atoms with Crippen LogP contribution in [0.4, 0.5) is 17.1 Å². The van der Waals surface area contributed by atoms with Gasteiger partial charge in [0.25, 0.3) is 29.1 Å². The number of thiophene rings is 1. The summed E-state index contributed by atoms with van der Waals surface area (Å²) in [4.78, 5) is 63.7. The molecule has 1 aromatic heterocycles. The third-order valence-corrected chi connectivity index (χ3v) is 6.87. The van der Waals surface area contributed by atoms with Gasteiger partial charge in [0.15, 0.2) is 0 Å². The highest BCUT2D eigenvalue weighted by Gasteiger charge is 2.59. The molecule has 0 unspecified atom stereocenters. The van der Waals surface area contributed by atoms with Crippen molar-refractivity contribution in [3.8, 4) is 0 Å². The lowest BCUT2D eigenvalue weighted by Gasteiger charge is -2.48. The molecule has 13 heteroatoms. The van der Waals surface area contributed by atoms with Crippen molar-refractivity contribution in [2.24, 2.45) is 0 Å². The standard InChI is InChI=1S/C21H11ClN4O7S/c22-10-6-7-12(14(9-10)26(32)33)23-17(15-5-2-8-34-15)18(21(23)29)24-19(27)11-3-1-4-13(25(30)31)16(11)20(24)28/h1-9,17-18H/t17-,18-/m0/s1. The molecule has 5 rings (SSSR count). The molecule has 11 nitrogen and oxygen atoms in total. The second-order valence-corrected chi connectivity index (χ2v) is 8.86. The van der Waals surface area contributed by atoms with Gasteiger partial charge in [-0.25, -0.2) is 0 Å². The Morgan fingerprint density at radius 2 is 1.59 bits per heavy atom. The Bertz CT molecular complexity index is 1420. The summed E-state index contributed by atoms with van der Waals surface area (Å²) in [5.74, 6) is -2.53. The van der Waals surface area contributed by atoms with Gasteiger partial charge in [0.1, 0.15) is 23.3 Å². The Balaban J connectivity index is 1.62. The summed E-state index contributed by atoms with van der Waals surface area (Å²) in [5, 5.41) is 24.9. The van der Waals surface area contributed by atoms with E-state index in [2.05, 4.69) is 0 Å². The van der Waals surface area contributed by atoms with Gasteiger partial charge in [-0.2, -0.15) is 0 Å². The monoisotopic (exact) mass is 498 g/mol. The van der Waals surface area contributed by atoms with Crippen molar-refractivity contribution in [3.05, 3.63) is 95.2 Å². The number of nitro groups is 2. The van der Waals surface area contributed by atoms with Crippen LogP contribution in [0, 0.1) is 20.2 Å². The summed E-state index contributed by atoms with van der Waals surface area (Å²) in [6, 6.07) is 8.61. The second-order valence-electron chi connectivity index (χ2n) is 7.44. The average molecular weight is 499 g/mol. The van der Waals surface area contributed by atoms with Gasteiger partial charge in [-0.05, 0) is 29.6 Å². The third kappa shape index (κ3) is 2.99. The molecule has 0 saturated carbocycles. The number of imide groups is 1. The Morgan fingerprint density at radius 1 is 0.853 bits per heavy atom. The van der Waals surface area contributed by atoms with Crippen molar-refractivity contribution in [1.82, 2.24) is 4.90 Å². The van der Waals surface area contributed by atoms with Crippen LogP contribution in [0.5, 0.6) is 0 Å². The molecule has 3 heterocycles. The molecule has 3 amide bonds. The molecule has 1 fully saturated rings. The second kappa shape index (κ2) is 7.71. The third-order valence-electron chi connectivity index (χ3n) is 5.70. The quantitative estimate of drug-likeness (QED) is 0.224. The molecule has 3 aromatic rings. The number of rotatable bonds is 5. The van der Waals surface area contributed by atoms with Crippen molar-refractivity contribution in [3.63, 3.8) is 0 Å². The molecule has 2 aliphatic heterocycles. The first-order valence-electron chi connectivity index (χ1n) is 9.68. The molecule has 2 aliphatic rings. The van der Waals surface area contributed by atoms with E-state index in [0.717, 1.165) is 17.0 Å². The highest BCUT2D eigenvalue weighted by atomic mass is 35.5. The lowest BCUT2D eigenvalue weighted by atomic mass is 9.90. The Kier molecular flexibility index (Phi) is 4.92. The van der Waals surface area contributed by atoms with E-state index in [9.17, 15) is 34.6 Å². The number of carbonyl (C=O) groups excluding carboxylic acids is 3. The van der Waals surface area contributed by atoms with Gasteiger partial charge in [-0.3, -0.25) is 44.4 Å². The first-order chi connectivity index (χ1) is 16.2. The smallest absolute Gasteiger partial charge is 0.293 e. The number of carbonyl (C=O) groups is 3. The van der Waals surface area contributed by atoms with Crippen LogP contribution in [0.15, 0.2) is 53.9 Å². The van der Waals surface area contributed by atoms with Crippen LogP contribution in [-0.2, 0) is 4.79 Å². The molecule has 170 valence electrons. The summed E-state index contributed by atoms with van der Waals surface area (Å²) in [6.07, 6.45) is 0. The van der Waals surface area contributed by atoms with Crippen molar-refractivity contribution >= 4 is 57.7 Å². The SMILES string of the molecule is O=C1c2cccc([N+](=O)[O-])c2C(=O)N1[C@@H]1C(=O)N(c2ccc(Cl)cc2[N+](=O)[O-])[C@H]1c1cccs1. The fourth-order valence-corrected chi connectivity index (χ4v) is 5.28. The molecule has 0 radical (unpaired) electrons. The Hall–Kier alpha value is -4.16. The van der Waals surface area contributed by atoms with Crippen LogP contribution in [0.25, 0.3) is 0 Å². The van der Waals surface area contributed by atoms with E-state index in [-0.39, 0.29) is 21.8 Å². The summed E-state index contributed by atoms with van der Waals surface area (Å²) >= 11 is 7.14. The van der Waals surface area contributed by atoms with Crippen LogP contribution < -0.4 is 4.90 Å². The zero-order valence-corrected chi connectivity index (χ0v) is 18.4. The van der Waals surface area contributed by atoms with Crippen molar-refractivity contribution in [2.45, 2.75) is 12.1 Å². The molecule has 0 N–H and O–H groups in total. The van der Waals surface area contributed by atoms with Gasteiger partial charge in [0.05, 0.1) is 15.4 Å². The number of nitro benzene ring substituents is 2. The van der Waals surface area contributed by atoms with E-state index >= 15 is 0 Å². The predicted octanol–water partition coefficient (Wildman–Crippen LogP) is 3.97. The van der Waals surface area contributed by atoms with Crippen molar-refractivity contribution < 1.29 is 24.2 Å². The van der Waals surface area contributed by atoms with Crippen LogP contribution in [0.1, 0.15) is 31.6 Å². The summed E-state index contributed by atoms with van der Waals surface area (Å²) in [6.45, 7) is 0. The van der Waals surface area contributed by atoms with Gasteiger partial charge in [0.2, 0.25) is 0 Å². The van der Waals surface area contributed by atoms with E-state index in [1.807, 2.05) is 0 Å². The summed E-state index contributed by atoms with van der Waals surface area (Å²) in [7, 11) is 0. The van der Waals surface area contributed by atoms with Crippen LogP contribution >= 0.6 is 22.9 Å². The molecule has 0 spiro atoms. The molecular weight excluding hydrogens is 488 g/mol. The lowest BCUT2D eigenvalue weighted by Crippen LogP contribution is -2.67. The van der Waals surface area contributed by atoms with Crippen LogP contribution in [0.2, 0.25) is 5.02 Å². The number of fused-ring (bicyclic) bond motifs is 1. The van der Waals surface area contributed by atoms with Gasteiger partial charge in [0, 0.05) is 22.0 Å². The summed E-state index contributed by atoms with van der Waals surface area (Å²) < 4.78 is 0. The minimum atomic E-state index is -1.33. The number of anilines is 1. The number of hydrogen-bond donors (Lipinski definition) is 0. The summed E-state index contributed by atoms with van der Waals surface area (Å²) in [5.41, 5.74) is -1.56. The molecule has 1 saturated heterocycles. The topological polar surface area (TPSA) is 144 Å². The number of β-lactam (4-membered cyclic amide) rings is 1. The van der Waals surface area contributed by atoms with E-state index < -0.39 is 51.0 Å². The first kappa shape index (κ1) is 21.7. The zero-order chi connectivity index (χ0) is 24.3. The number of amides is 3. The van der Waals surface area contributed by atoms with Gasteiger partial charge < -0.3 is 0 Å². The van der Waals surface area contributed by atoms with E-state index in [1.165, 1.54) is 35.6 Å². The number of halogens is 1. The maximum Gasteiger partial charge on any atom is 0.294 e. The van der Waals surface area contributed by atoms with Crippen molar-refractivity contribution in [1.29, 1.82) is 0 Å². The van der Waals surface area contributed by atoms with Crippen LogP contribution in [0.3, 0.4) is 0 Å². The van der Waals surface area contributed by atoms with Crippen LogP contribution in [-0.4, -0.2) is 38.5 Å². The molecule has 0 aliphatic carbocycles. The maximum absolute atomic E-state index is 13.4. The first-order valence-corrected chi connectivity index (χ1v) is 10.9. The highest BCUT2D eigenvalue weighted by molar-refractivity contribution is 7.10. The number of benzene rings is 2. The highest BCUT2D eigenvalue weighted by Crippen LogP contribution is 2.48. The Labute approximate surface area is 199 Å². The fraction of sp³-hybridized carbons (Fsp3) is 0.0952. The van der Waals surface area contributed by atoms with Gasteiger partial charge >= 0.3 is 0 Å². The van der Waals surface area contributed by atoms with E-state index in [4.69, 9.17) is 11.6 Å². The van der Waals surface area contributed by atoms with Gasteiger partial charge in [-0.15, -0.1) is 11.3 Å². The molecule has 34 heavy (non-hydrogen) atoms. The van der Waals surface area contributed by atoms with Crippen molar-refractivity contribution in [2.75, 3.05) is 4.90 Å². The number of nitrogens with zero attached hydrogens (tertiary/aromatic N) is 4. The minimum Gasteiger partial charge on any atom is -0.293 e. The molecule has 0 bridgehead atoms. The zero-order valence-electron chi connectivity index (χ0n) is 16.8. The fourth-order valence-electron chi connectivity index (χ4n) is 4.27. The van der Waals surface area contributed by atoms with Gasteiger partial charge in [-0.1, -0.05) is 23.7 Å². The van der Waals surface area contributed by atoms with E-state index in [1.54, 1.807) is 17.5 Å². The molecule has 2 atom stereocenters. The lowest BCUT2D eigenvalue weighted by molar-refractivity contribution is -0.385. The largest absolute Gasteiger partial charge is 0.294 e. The van der Waals surface area contributed by atoms with E-state index in [0.29, 0.717) is 9.78 Å². The minimum absolute atomic E-state index is 0.0448.